The first-order chi connectivity index (χ1) is 16.4. The van der Waals surface area contributed by atoms with E-state index in [0.29, 0.717) is 23.2 Å². The van der Waals surface area contributed by atoms with Gasteiger partial charge in [-0.1, -0.05) is 6.92 Å². The van der Waals surface area contributed by atoms with Gasteiger partial charge in [0.25, 0.3) is 5.91 Å². The van der Waals surface area contributed by atoms with E-state index in [-0.39, 0.29) is 17.5 Å². The number of aryl methyl sites for hydroxylation is 1. The maximum atomic E-state index is 14.5. The number of carbonyl (C=O) groups excluding carboxylic acids is 1. The van der Waals surface area contributed by atoms with Crippen molar-refractivity contribution in [3.63, 3.8) is 0 Å². The van der Waals surface area contributed by atoms with E-state index in [1.807, 2.05) is 25.5 Å². The van der Waals surface area contributed by atoms with Gasteiger partial charge in [-0.25, -0.2) is 9.07 Å². The Morgan fingerprint density at radius 2 is 1.94 bits per heavy atom. The molecule has 1 aromatic carbocycles. The van der Waals surface area contributed by atoms with Gasteiger partial charge < -0.3 is 15.5 Å². The van der Waals surface area contributed by atoms with Crippen LogP contribution in [0.4, 0.5) is 10.1 Å². The van der Waals surface area contributed by atoms with E-state index in [0.717, 1.165) is 49.2 Å². The lowest BCUT2D eigenvalue weighted by Crippen LogP contribution is -2.43. The number of pyridine rings is 1. The number of benzene rings is 1. The molecule has 7 nitrogen and oxygen atoms in total. The molecule has 0 bridgehead atoms. The fraction of sp³-hybridized carbons (Fsp3) is 0.423. The number of carbonyl (C=O) groups is 1. The van der Waals surface area contributed by atoms with Crippen molar-refractivity contribution >= 4 is 11.6 Å². The van der Waals surface area contributed by atoms with E-state index in [9.17, 15) is 9.18 Å². The Balaban J connectivity index is 1.37. The van der Waals surface area contributed by atoms with Crippen LogP contribution in [-0.2, 0) is 0 Å². The quantitative estimate of drug-likeness (QED) is 0.579. The number of anilines is 1. The van der Waals surface area contributed by atoms with Crippen molar-refractivity contribution in [3.8, 4) is 16.8 Å². The normalized spacial score (nSPS) is 20.8. The van der Waals surface area contributed by atoms with E-state index >= 15 is 0 Å². The minimum absolute atomic E-state index is 0.0460. The van der Waals surface area contributed by atoms with Crippen LogP contribution in [0.3, 0.4) is 0 Å². The molecule has 2 atom stereocenters. The third-order valence-corrected chi connectivity index (χ3v) is 6.80. The van der Waals surface area contributed by atoms with Crippen LogP contribution in [0.1, 0.15) is 42.1 Å². The minimum Gasteiger partial charge on any atom is -0.381 e. The van der Waals surface area contributed by atoms with Gasteiger partial charge in [-0.05, 0) is 69.5 Å². The summed E-state index contributed by atoms with van der Waals surface area (Å²) in [6.07, 6.45) is 10.3. The average Bonchev–Trinajstić information content (AvgIpc) is 3.48. The van der Waals surface area contributed by atoms with Crippen molar-refractivity contribution in [1.82, 2.24) is 25.0 Å². The Kier molecular flexibility index (Phi) is 6.08. The van der Waals surface area contributed by atoms with Crippen molar-refractivity contribution in [3.05, 3.63) is 59.9 Å². The Morgan fingerprint density at radius 3 is 2.71 bits per heavy atom. The number of halogens is 1. The largest absolute Gasteiger partial charge is 0.381 e. The summed E-state index contributed by atoms with van der Waals surface area (Å²) in [7, 11) is 2.16. The van der Waals surface area contributed by atoms with Gasteiger partial charge in [0.05, 0.1) is 23.1 Å². The number of nitrogens with one attached hydrogen (secondary N) is 2. The number of aromatic nitrogens is 3. The number of piperidine rings is 1. The maximum Gasteiger partial charge on any atom is 0.254 e. The molecule has 2 unspecified atom stereocenters. The van der Waals surface area contributed by atoms with Gasteiger partial charge in [0.2, 0.25) is 0 Å². The second kappa shape index (κ2) is 9.18. The molecule has 5 rings (SSSR count). The molecule has 178 valence electrons. The van der Waals surface area contributed by atoms with Crippen LogP contribution < -0.4 is 10.6 Å². The molecule has 2 fully saturated rings. The Bertz CT molecular complexity index is 1200. The molecule has 3 heterocycles. The Labute approximate surface area is 199 Å². The summed E-state index contributed by atoms with van der Waals surface area (Å²) >= 11 is 0. The third-order valence-electron chi connectivity index (χ3n) is 6.80. The second-order valence-electron chi connectivity index (χ2n) is 9.78. The Morgan fingerprint density at radius 1 is 1.12 bits per heavy atom. The minimum atomic E-state index is -0.516. The Hall–Kier alpha value is -3.26. The number of rotatable bonds is 6. The number of likely N-dealkylation sites (tertiary alicyclic amines) is 1. The van der Waals surface area contributed by atoms with Crippen LogP contribution >= 0.6 is 0 Å². The molecule has 2 aromatic heterocycles. The van der Waals surface area contributed by atoms with Gasteiger partial charge in [0, 0.05) is 48.3 Å². The zero-order valence-electron chi connectivity index (χ0n) is 19.9. The summed E-state index contributed by atoms with van der Waals surface area (Å²) in [4.78, 5) is 19.3. The molecule has 2 N–H and O–H groups in total. The van der Waals surface area contributed by atoms with E-state index < -0.39 is 5.82 Å². The lowest BCUT2D eigenvalue weighted by atomic mass is 9.94. The highest BCUT2D eigenvalue weighted by atomic mass is 19.1. The molecule has 0 spiro atoms. The monoisotopic (exact) mass is 462 g/mol. The van der Waals surface area contributed by atoms with Gasteiger partial charge in [0.15, 0.2) is 0 Å². The van der Waals surface area contributed by atoms with Gasteiger partial charge in [-0.2, -0.15) is 5.10 Å². The van der Waals surface area contributed by atoms with Crippen LogP contribution in [0, 0.1) is 18.7 Å². The zero-order valence-corrected chi connectivity index (χ0v) is 19.9. The molecule has 1 amide bonds. The SMILES string of the molecule is Cc1cc(F)c(C(=O)NC2CC2)cc1-n1cc(-c2cncc(NC3CCN(C)CC3C)c2)cn1. The first kappa shape index (κ1) is 22.5. The van der Waals surface area contributed by atoms with Crippen molar-refractivity contribution in [2.45, 2.75) is 45.2 Å². The van der Waals surface area contributed by atoms with Gasteiger partial charge >= 0.3 is 0 Å². The third kappa shape index (κ3) is 4.82. The van der Waals surface area contributed by atoms with Crippen LogP contribution in [0.15, 0.2) is 43.0 Å². The number of hydrogen-bond acceptors (Lipinski definition) is 5. The molecule has 1 aliphatic carbocycles. The predicted octanol–water partition coefficient (Wildman–Crippen LogP) is 4.03. The summed E-state index contributed by atoms with van der Waals surface area (Å²) < 4.78 is 16.2. The summed E-state index contributed by atoms with van der Waals surface area (Å²) in [6, 6.07) is 5.65. The number of nitrogens with zero attached hydrogens (tertiary/aromatic N) is 4. The lowest BCUT2D eigenvalue weighted by Gasteiger charge is -2.35. The van der Waals surface area contributed by atoms with Gasteiger partial charge in [-0.15, -0.1) is 0 Å². The van der Waals surface area contributed by atoms with Crippen LogP contribution in [0.5, 0.6) is 0 Å². The van der Waals surface area contributed by atoms with Gasteiger partial charge in [-0.3, -0.25) is 9.78 Å². The molecule has 3 aromatic rings. The summed E-state index contributed by atoms with van der Waals surface area (Å²) in [5.74, 6) is -0.337. The molecular weight excluding hydrogens is 431 g/mol. The topological polar surface area (TPSA) is 75.1 Å². The van der Waals surface area contributed by atoms with Crippen LogP contribution in [-0.4, -0.2) is 57.8 Å². The molecule has 1 aliphatic heterocycles. The molecule has 1 saturated carbocycles. The van der Waals surface area contributed by atoms with E-state index in [1.54, 1.807) is 16.9 Å². The van der Waals surface area contributed by atoms with Crippen molar-refractivity contribution in [2.24, 2.45) is 5.92 Å². The molecule has 0 radical (unpaired) electrons. The van der Waals surface area contributed by atoms with Gasteiger partial charge in [0.1, 0.15) is 5.82 Å². The molecule has 2 aliphatic rings. The second-order valence-corrected chi connectivity index (χ2v) is 9.78. The average molecular weight is 463 g/mol. The smallest absolute Gasteiger partial charge is 0.254 e. The summed E-state index contributed by atoms with van der Waals surface area (Å²) in [5, 5.41) is 11.0. The summed E-state index contributed by atoms with van der Waals surface area (Å²) in [6.45, 7) is 6.25. The van der Waals surface area contributed by atoms with E-state index in [2.05, 4.69) is 45.7 Å². The van der Waals surface area contributed by atoms with Crippen molar-refractivity contribution in [2.75, 3.05) is 25.5 Å². The van der Waals surface area contributed by atoms with E-state index in [4.69, 9.17) is 0 Å². The molecule has 1 saturated heterocycles. The fourth-order valence-corrected chi connectivity index (χ4v) is 4.64. The van der Waals surface area contributed by atoms with Crippen LogP contribution in [0.2, 0.25) is 0 Å². The fourth-order valence-electron chi connectivity index (χ4n) is 4.64. The number of hydrogen-bond donors (Lipinski definition) is 2. The van der Waals surface area contributed by atoms with Crippen LogP contribution in [0.25, 0.3) is 16.8 Å². The van der Waals surface area contributed by atoms with Crippen molar-refractivity contribution < 1.29 is 9.18 Å². The number of amides is 1. The predicted molar refractivity (Wildman–Crippen MR) is 131 cm³/mol. The van der Waals surface area contributed by atoms with Crippen molar-refractivity contribution in [1.29, 1.82) is 0 Å². The first-order valence-electron chi connectivity index (χ1n) is 11.9. The van der Waals surface area contributed by atoms with E-state index in [1.165, 1.54) is 6.07 Å². The molecule has 8 heteroatoms. The maximum absolute atomic E-state index is 14.5. The molecular formula is C26H31FN6O. The molecule has 34 heavy (non-hydrogen) atoms. The highest BCUT2D eigenvalue weighted by Crippen LogP contribution is 2.27. The zero-order chi connectivity index (χ0) is 23.8. The first-order valence-corrected chi connectivity index (χ1v) is 11.9. The highest BCUT2D eigenvalue weighted by molar-refractivity contribution is 5.95. The standard InChI is InChI=1S/C26H31FN6O/c1-16-8-23(27)22(26(34)31-20-4-5-20)10-25(16)33-15-19(12-29-33)18-9-21(13-28-11-18)30-24-6-7-32(3)14-17(24)2/h8-13,15,17,20,24,30H,4-7,14H2,1-3H3,(H,31,34). The summed E-state index contributed by atoms with van der Waals surface area (Å²) in [5.41, 5.74) is 4.27. The lowest BCUT2D eigenvalue weighted by molar-refractivity contribution is 0.0947. The highest BCUT2D eigenvalue weighted by Gasteiger charge is 2.26.